The van der Waals surface area contributed by atoms with Crippen LogP contribution in [0.2, 0.25) is 0 Å². The molecule has 0 aromatic carbocycles. The van der Waals surface area contributed by atoms with Crippen molar-refractivity contribution in [2.24, 2.45) is 5.41 Å². The Balaban J connectivity index is 2.46. The van der Waals surface area contributed by atoms with Crippen LogP contribution in [0, 0.1) is 5.41 Å². The van der Waals surface area contributed by atoms with Crippen LogP contribution < -0.4 is 5.32 Å². The fraction of sp³-hybridized carbons (Fsp3) is 0.833. The number of alkyl halides is 2. The summed E-state index contributed by atoms with van der Waals surface area (Å²) in [4.78, 5) is 22.5. The number of hydrogen-bond acceptors (Lipinski definition) is 3. The number of carboxylic acids is 1. The van der Waals surface area contributed by atoms with Gasteiger partial charge in [-0.15, -0.1) is 0 Å². The second-order valence-electron chi connectivity index (χ2n) is 5.16. The third-order valence-electron chi connectivity index (χ3n) is 3.53. The molecule has 1 unspecified atom stereocenters. The molecule has 0 radical (unpaired) electrons. The highest BCUT2D eigenvalue weighted by Gasteiger charge is 2.38. The first-order chi connectivity index (χ1) is 8.84. The second kappa shape index (κ2) is 6.79. The van der Waals surface area contributed by atoms with E-state index < -0.39 is 36.4 Å². The molecule has 1 fully saturated rings. The van der Waals surface area contributed by atoms with Crippen molar-refractivity contribution in [3.8, 4) is 0 Å². The van der Waals surface area contributed by atoms with Crippen LogP contribution in [0.1, 0.15) is 38.5 Å². The van der Waals surface area contributed by atoms with Crippen LogP contribution in [0.5, 0.6) is 0 Å². The van der Waals surface area contributed by atoms with E-state index in [0.29, 0.717) is 12.8 Å². The quantitative estimate of drug-likeness (QED) is 0.652. The summed E-state index contributed by atoms with van der Waals surface area (Å²) in [5.74, 6) is -1.44. The van der Waals surface area contributed by atoms with Crippen LogP contribution in [-0.4, -0.2) is 41.2 Å². The number of halogens is 2. The molecule has 0 bridgehead atoms. The van der Waals surface area contributed by atoms with Crippen molar-refractivity contribution in [3.63, 3.8) is 0 Å². The van der Waals surface area contributed by atoms with E-state index in [1.54, 1.807) is 0 Å². The first-order valence-electron chi connectivity index (χ1n) is 6.29. The number of aliphatic hydroxyl groups is 1. The van der Waals surface area contributed by atoms with Crippen molar-refractivity contribution in [1.82, 2.24) is 5.32 Å². The zero-order valence-corrected chi connectivity index (χ0v) is 10.6. The number of carbonyl (C=O) groups excluding carboxylic acids is 1. The summed E-state index contributed by atoms with van der Waals surface area (Å²) in [6, 6.07) is 0. The van der Waals surface area contributed by atoms with Crippen LogP contribution in [-0.2, 0) is 9.59 Å². The van der Waals surface area contributed by atoms with E-state index in [4.69, 9.17) is 10.2 Å². The van der Waals surface area contributed by atoms with Gasteiger partial charge in [-0.1, -0.05) is 12.8 Å². The first kappa shape index (κ1) is 15.8. The highest BCUT2D eigenvalue weighted by molar-refractivity contribution is 5.78. The molecule has 1 amide bonds. The molecule has 3 N–H and O–H groups in total. The average molecular weight is 279 g/mol. The lowest BCUT2D eigenvalue weighted by atomic mass is 9.79. The van der Waals surface area contributed by atoms with Gasteiger partial charge in [0.25, 0.3) is 6.43 Å². The van der Waals surface area contributed by atoms with Crippen molar-refractivity contribution in [2.45, 2.75) is 51.1 Å². The Morgan fingerprint density at radius 2 is 1.79 bits per heavy atom. The molecule has 0 aromatic rings. The van der Waals surface area contributed by atoms with E-state index in [9.17, 15) is 18.4 Å². The third kappa shape index (κ3) is 5.10. The molecular weight excluding hydrogens is 260 g/mol. The summed E-state index contributed by atoms with van der Waals surface area (Å²) in [6.45, 7) is -0.514. The molecule has 1 aliphatic rings. The Labute approximate surface area is 110 Å². The minimum Gasteiger partial charge on any atom is -0.481 e. The lowest BCUT2D eigenvalue weighted by Crippen LogP contribution is -2.38. The van der Waals surface area contributed by atoms with Crippen LogP contribution in [0.3, 0.4) is 0 Å². The summed E-state index contributed by atoms with van der Waals surface area (Å²) in [5, 5.41) is 20.0. The van der Waals surface area contributed by atoms with Crippen LogP contribution in [0.4, 0.5) is 8.78 Å². The van der Waals surface area contributed by atoms with Crippen molar-refractivity contribution >= 4 is 11.9 Å². The Morgan fingerprint density at radius 1 is 1.21 bits per heavy atom. The normalized spacial score (nSPS) is 19.4. The molecule has 5 nitrogen and oxygen atoms in total. The Hall–Kier alpha value is -1.24. The number of nitrogens with one attached hydrogen (secondary N) is 1. The lowest BCUT2D eigenvalue weighted by molar-refractivity contribution is -0.140. The number of amides is 1. The number of aliphatic hydroxyl groups excluding tert-OH is 1. The Kier molecular flexibility index (Phi) is 5.65. The van der Waals surface area contributed by atoms with E-state index in [1.807, 2.05) is 0 Å². The molecule has 7 heteroatoms. The van der Waals surface area contributed by atoms with Crippen LogP contribution >= 0.6 is 0 Å². The summed E-state index contributed by atoms with van der Waals surface area (Å²) in [5.41, 5.74) is -0.564. The molecule has 110 valence electrons. The zero-order valence-electron chi connectivity index (χ0n) is 10.6. The monoisotopic (exact) mass is 279 g/mol. The van der Waals surface area contributed by atoms with E-state index in [0.717, 1.165) is 12.8 Å². The average Bonchev–Trinajstić information content (AvgIpc) is 2.72. The number of hydrogen-bond donors (Lipinski definition) is 3. The molecule has 19 heavy (non-hydrogen) atoms. The Bertz CT molecular complexity index is 330. The van der Waals surface area contributed by atoms with Crippen molar-refractivity contribution in [1.29, 1.82) is 0 Å². The van der Waals surface area contributed by atoms with E-state index in [2.05, 4.69) is 5.32 Å². The molecule has 1 rings (SSSR count). The molecule has 0 aromatic heterocycles. The predicted octanol–water partition coefficient (Wildman–Crippen LogP) is 1.15. The lowest BCUT2D eigenvalue weighted by Gasteiger charge is -2.26. The number of aliphatic carboxylic acids is 1. The fourth-order valence-electron chi connectivity index (χ4n) is 2.57. The maximum Gasteiger partial charge on any atom is 0.303 e. The molecule has 0 spiro atoms. The largest absolute Gasteiger partial charge is 0.481 e. The van der Waals surface area contributed by atoms with E-state index >= 15 is 0 Å². The summed E-state index contributed by atoms with van der Waals surface area (Å²) in [6.07, 6.45) is -1.80. The van der Waals surface area contributed by atoms with E-state index in [-0.39, 0.29) is 12.8 Å². The minimum absolute atomic E-state index is 0.00918. The zero-order chi connectivity index (χ0) is 14.5. The molecule has 1 saturated carbocycles. The van der Waals surface area contributed by atoms with Crippen molar-refractivity contribution < 1.29 is 28.6 Å². The highest BCUT2D eigenvalue weighted by Crippen LogP contribution is 2.43. The number of rotatable bonds is 7. The van der Waals surface area contributed by atoms with Gasteiger partial charge in [0.1, 0.15) is 6.10 Å². The molecule has 1 aliphatic carbocycles. The molecule has 0 heterocycles. The van der Waals surface area contributed by atoms with Gasteiger partial charge in [-0.05, 0) is 18.3 Å². The number of carbonyl (C=O) groups is 2. The molecule has 0 saturated heterocycles. The first-order valence-corrected chi connectivity index (χ1v) is 6.29. The minimum atomic E-state index is -2.90. The standard InChI is InChI=1S/C12H19F2NO4/c13-11(14)8(16)7-15-9(17)5-12(6-10(18)19)3-1-2-4-12/h8,11,16H,1-7H2,(H,15,17)(H,18,19). The van der Waals surface area contributed by atoms with Crippen LogP contribution in [0.25, 0.3) is 0 Å². The van der Waals surface area contributed by atoms with Gasteiger partial charge in [-0.2, -0.15) is 0 Å². The van der Waals surface area contributed by atoms with Gasteiger partial charge < -0.3 is 15.5 Å². The predicted molar refractivity (Wildman–Crippen MR) is 62.8 cm³/mol. The molecule has 1 atom stereocenters. The summed E-state index contributed by atoms with van der Waals surface area (Å²) in [7, 11) is 0. The Morgan fingerprint density at radius 3 is 2.26 bits per heavy atom. The van der Waals surface area contributed by atoms with Crippen molar-refractivity contribution in [2.75, 3.05) is 6.54 Å². The van der Waals surface area contributed by atoms with E-state index in [1.165, 1.54) is 0 Å². The van der Waals surface area contributed by atoms with Gasteiger partial charge in [0.2, 0.25) is 5.91 Å². The molecular formula is C12H19F2NO4. The topological polar surface area (TPSA) is 86.6 Å². The highest BCUT2D eigenvalue weighted by atomic mass is 19.3. The number of carboxylic acid groups (broad SMARTS) is 1. The SMILES string of the molecule is O=C(O)CC1(CC(=O)NCC(O)C(F)F)CCCC1. The maximum atomic E-state index is 12.1. The van der Waals surface area contributed by atoms with Gasteiger partial charge in [-0.3, -0.25) is 9.59 Å². The second-order valence-corrected chi connectivity index (χ2v) is 5.16. The van der Waals surface area contributed by atoms with Gasteiger partial charge in [0.05, 0.1) is 6.42 Å². The molecule has 0 aliphatic heterocycles. The van der Waals surface area contributed by atoms with Crippen molar-refractivity contribution in [3.05, 3.63) is 0 Å². The third-order valence-corrected chi connectivity index (χ3v) is 3.53. The van der Waals surface area contributed by atoms with Gasteiger partial charge in [-0.25, -0.2) is 8.78 Å². The smallest absolute Gasteiger partial charge is 0.303 e. The van der Waals surface area contributed by atoms with Crippen LogP contribution in [0.15, 0.2) is 0 Å². The fourth-order valence-corrected chi connectivity index (χ4v) is 2.57. The summed E-state index contributed by atoms with van der Waals surface area (Å²) < 4.78 is 24.1. The maximum absolute atomic E-state index is 12.1. The van der Waals surface area contributed by atoms with Gasteiger partial charge in [0, 0.05) is 13.0 Å². The van der Waals surface area contributed by atoms with Gasteiger partial charge in [0.15, 0.2) is 0 Å². The summed E-state index contributed by atoms with van der Waals surface area (Å²) >= 11 is 0. The van der Waals surface area contributed by atoms with Gasteiger partial charge >= 0.3 is 5.97 Å².